The van der Waals surface area contributed by atoms with Gasteiger partial charge in [-0.3, -0.25) is 9.78 Å². The Hall–Kier alpha value is -1.95. The molecule has 19 heavy (non-hydrogen) atoms. The van der Waals surface area contributed by atoms with Crippen molar-refractivity contribution in [3.63, 3.8) is 0 Å². The summed E-state index contributed by atoms with van der Waals surface area (Å²) < 4.78 is 0. The van der Waals surface area contributed by atoms with E-state index >= 15 is 0 Å². The van der Waals surface area contributed by atoms with Gasteiger partial charge in [-0.15, -0.1) is 11.3 Å². The second kappa shape index (κ2) is 5.79. The Kier molecular flexibility index (Phi) is 4.11. The third-order valence-corrected chi connectivity index (χ3v) is 3.80. The number of nitrogen functional groups attached to an aromatic ring is 1. The predicted octanol–water partition coefficient (Wildman–Crippen LogP) is 1.96. The average molecular weight is 276 g/mol. The van der Waals surface area contributed by atoms with Crippen molar-refractivity contribution < 1.29 is 4.79 Å². The van der Waals surface area contributed by atoms with Gasteiger partial charge in [0.1, 0.15) is 0 Å². The number of nitrogens with two attached hydrogens (primary N) is 1. The number of carbonyl (C=O) groups is 1. The molecule has 5 nitrogen and oxygen atoms in total. The average Bonchev–Trinajstić information content (AvgIpc) is 2.92. The first-order chi connectivity index (χ1) is 9.08. The Bertz CT molecular complexity index is 568. The van der Waals surface area contributed by atoms with E-state index in [0.29, 0.717) is 23.5 Å². The van der Waals surface area contributed by atoms with Crippen LogP contribution in [0.2, 0.25) is 0 Å². The molecule has 0 aromatic carbocycles. The number of pyridine rings is 1. The van der Waals surface area contributed by atoms with Crippen molar-refractivity contribution in [2.24, 2.45) is 0 Å². The van der Waals surface area contributed by atoms with Gasteiger partial charge in [-0.05, 0) is 13.0 Å². The highest BCUT2D eigenvalue weighted by Gasteiger charge is 2.13. The number of carbonyl (C=O) groups excluding carboxylic acids is 1. The highest BCUT2D eigenvalue weighted by atomic mass is 32.1. The number of aromatic nitrogens is 2. The lowest BCUT2D eigenvalue weighted by molar-refractivity contribution is 0.0950. The second-order valence-corrected chi connectivity index (χ2v) is 5.31. The number of aryl methyl sites for hydroxylation is 1. The maximum absolute atomic E-state index is 12.1. The lowest BCUT2D eigenvalue weighted by Crippen LogP contribution is -2.28. The summed E-state index contributed by atoms with van der Waals surface area (Å²) in [6, 6.07) is 1.64. The van der Waals surface area contributed by atoms with Crippen molar-refractivity contribution in [3.8, 4) is 0 Å². The predicted molar refractivity (Wildman–Crippen MR) is 76.2 cm³/mol. The molecular weight excluding hydrogens is 260 g/mol. The maximum atomic E-state index is 12.1. The van der Waals surface area contributed by atoms with Crippen LogP contribution in [0.5, 0.6) is 0 Å². The second-order valence-electron chi connectivity index (χ2n) is 4.38. The minimum Gasteiger partial charge on any atom is -0.397 e. The van der Waals surface area contributed by atoms with Gasteiger partial charge in [0, 0.05) is 24.0 Å². The monoisotopic (exact) mass is 276 g/mol. The van der Waals surface area contributed by atoms with E-state index in [4.69, 9.17) is 5.73 Å². The van der Waals surface area contributed by atoms with Crippen molar-refractivity contribution >= 4 is 22.9 Å². The molecule has 1 unspecified atom stereocenters. The molecule has 1 atom stereocenters. The first kappa shape index (κ1) is 13.5. The molecule has 3 N–H and O–H groups in total. The number of amides is 1. The minimum atomic E-state index is -0.152. The number of hydrogen-bond donors (Lipinski definition) is 2. The van der Waals surface area contributed by atoms with Gasteiger partial charge < -0.3 is 11.1 Å². The highest BCUT2D eigenvalue weighted by molar-refractivity contribution is 7.09. The molecule has 0 aliphatic carbocycles. The van der Waals surface area contributed by atoms with E-state index < -0.39 is 0 Å². The van der Waals surface area contributed by atoms with Gasteiger partial charge in [0.25, 0.3) is 5.91 Å². The molecule has 0 saturated heterocycles. The molecule has 0 aliphatic rings. The smallest absolute Gasteiger partial charge is 0.253 e. The lowest BCUT2D eigenvalue weighted by atomic mass is 10.1. The van der Waals surface area contributed by atoms with Crippen molar-refractivity contribution in [1.29, 1.82) is 0 Å². The fourth-order valence-electron chi connectivity index (χ4n) is 1.69. The molecule has 1 amide bonds. The molecule has 0 aliphatic heterocycles. The molecule has 0 radical (unpaired) electrons. The van der Waals surface area contributed by atoms with Crippen LogP contribution in [0.1, 0.15) is 33.9 Å². The minimum absolute atomic E-state index is 0.152. The molecule has 2 rings (SSSR count). The van der Waals surface area contributed by atoms with Gasteiger partial charge in [-0.2, -0.15) is 0 Å². The molecule has 2 aromatic rings. The van der Waals surface area contributed by atoms with Gasteiger partial charge in [-0.25, -0.2) is 4.98 Å². The van der Waals surface area contributed by atoms with E-state index in [9.17, 15) is 4.79 Å². The van der Waals surface area contributed by atoms with Crippen LogP contribution in [0.15, 0.2) is 23.8 Å². The zero-order valence-electron chi connectivity index (χ0n) is 10.9. The zero-order chi connectivity index (χ0) is 13.8. The summed E-state index contributed by atoms with van der Waals surface area (Å²) in [5.74, 6) is 0.0407. The Labute approximate surface area is 115 Å². The summed E-state index contributed by atoms with van der Waals surface area (Å²) in [6.45, 7) is 4.36. The van der Waals surface area contributed by atoms with Crippen LogP contribution in [0.4, 0.5) is 5.69 Å². The highest BCUT2D eigenvalue weighted by Crippen LogP contribution is 2.17. The van der Waals surface area contributed by atoms with Gasteiger partial charge >= 0.3 is 0 Å². The Morgan fingerprint density at radius 2 is 2.32 bits per heavy atom. The normalized spacial score (nSPS) is 12.1. The number of nitrogens with zero attached hydrogens (tertiary/aromatic N) is 2. The van der Waals surface area contributed by atoms with Crippen LogP contribution in [0.25, 0.3) is 0 Å². The van der Waals surface area contributed by atoms with Crippen LogP contribution in [-0.4, -0.2) is 22.4 Å². The summed E-state index contributed by atoms with van der Waals surface area (Å²) in [6.07, 6.45) is 3.31. The van der Waals surface area contributed by atoms with Crippen LogP contribution < -0.4 is 11.1 Å². The van der Waals surface area contributed by atoms with Gasteiger partial charge in [-0.1, -0.05) is 6.92 Å². The van der Waals surface area contributed by atoms with Crippen molar-refractivity contribution in [2.45, 2.75) is 19.8 Å². The molecule has 0 spiro atoms. The number of rotatable bonds is 4. The first-order valence-corrected chi connectivity index (χ1v) is 6.85. The zero-order valence-corrected chi connectivity index (χ0v) is 11.7. The van der Waals surface area contributed by atoms with Crippen molar-refractivity contribution in [3.05, 3.63) is 40.1 Å². The third kappa shape index (κ3) is 3.29. The summed E-state index contributed by atoms with van der Waals surface area (Å²) in [5, 5.41) is 5.83. The van der Waals surface area contributed by atoms with Gasteiger partial charge in [0.05, 0.1) is 28.1 Å². The Morgan fingerprint density at radius 3 is 3.00 bits per heavy atom. The van der Waals surface area contributed by atoms with E-state index in [-0.39, 0.29) is 11.8 Å². The Balaban J connectivity index is 2.00. The maximum Gasteiger partial charge on any atom is 0.253 e. The van der Waals surface area contributed by atoms with E-state index in [0.717, 1.165) is 5.01 Å². The molecule has 100 valence electrons. The number of thiazole rings is 1. The molecule has 0 bridgehead atoms. The SMILES string of the molecule is Cc1ncc(N)cc1C(=O)NCC(C)c1nccs1. The first-order valence-electron chi connectivity index (χ1n) is 5.97. The number of hydrogen-bond acceptors (Lipinski definition) is 5. The quantitative estimate of drug-likeness (QED) is 0.894. The van der Waals surface area contributed by atoms with E-state index in [1.165, 1.54) is 0 Å². The molecule has 0 fully saturated rings. The molecule has 6 heteroatoms. The fraction of sp³-hybridized carbons (Fsp3) is 0.308. The lowest BCUT2D eigenvalue weighted by Gasteiger charge is -2.11. The van der Waals surface area contributed by atoms with E-state index in [2.05, 4.69) is 15.3 Å². The van der Waals surface area contributed by atoms with Gasteiger partial charge in [0.15, 0.2) is 0 Å². The number of nitrogens with one attached hydrogen (secondary N) is 1. The van der Waals surface area contributed by atoms with E-state index in [1.807, 2.05) is 12.3 Å². The van der Waals surface area contributed by atoms with Crippen LogP contribution in [-0.2, 0) is 0 Å². The summed E-state index contributed by atoms with van der Waals surface area (Å²) >= 11 is 1.59. The topological polar surface area (TPSA) is 80.9 Å². The molecular formula is C13H16N4OS. The summed E-state index contributed by atoms with van der Waals surface area (Å²) in [7, 11) is 0. The third-order valence-electron chi connectivity index (χ3n) is 2.79. The summed E-state index contributed by atoms with van der Waals surface area (Å²) in [4.78, 5) is 20.4. The van der Waals surface area contributed by atoms with E-state index in [1.54, 1.807) is 36.7 Å². The van der Waals surface area contributed by atoms with Crippen molar-refractivity contribution in [1.82, 2.24) is 15.3 Å². The van der Waals surface area contributed by atoms with Gasteiger partial charge in [0.2, 0.25) is 0 Å². The Morgan fingerprint density at radius 1 is 1.53 bits per heavy atom. The molecule has 2 heterocycles. The summed E-state index contributed by atoms with van der Waals surface area (Å²) in [5.41, 5.74) is 7.33. The standard InChI is InChI=1S/C13H16N4OS/c1-8(13-15-3-4-19-13)6-17-12(18)11-5-10(14)7-16-9(11)2/h3-5,7-8H,6,14H2,1-2H3,(H,17,18). The number of anilines is 1. The van der Waals surface area contributed by atoms with Crippen LogP contribution >= 0.6 is 11.3 Å². The fourth-order valence-corrected chi connectivity index (χ4v) is 2.38. The van der Waals surface area contributed by atoms with Crippen LogP contribution in [0, 0.1) is 6.92 Å². The largest absolute Gasteiger partial charge is 0.397 e. The van der Waals surface area contributed by atoms with Crippen molar-refractivity contribution in [2.75, 3.05) is 12.3 Å². The molecule has 0 saturated carbocycles. The molecule has 2 aromatic heterocycles. The van der Waals surface area contributed by atoms with Crippen LogP contribution in [0.3, 0.4) is 0 Å².